The minimum Gasteiger partial charge on any atom is -0.491 e. The zero-order chi connectivity index (χ0) is 13.7. The maximum absolute atomic E-state index is 8.82. The van der Waals surface area contributed by atoms with Crippen LogP contribution >= 0.6 is 11.3 Å². The number of benzene rings is 1. The van der Waals surface area contributed by atoms with Crippen molar-refractivity contribution in [1.82, 2.24) is 4.98 Å². The number of hydrogen-bond donors (Lipinski definition) is 1. The van der Waals surface area contributed by atoms with Crippen molar-refractivity contribution in [1.29, 1.82) is 0 Å². The average molecular weight is 277 g/mol. The molecule has 0 aliphatic rings. The Morgan fingerprint density at radius 3 is 2.63 bits per heavy atom. The number of ether oxygens (including phenoxy) is 1. The molecule has 4 heteroatoms. The number of aromatic nitrogens is 1. The number of aliphatic hydroxyl groups is 1. The quantitative estimate of drug-likeness (QED) is 0.878. The van der Waals surface area contributed by atoms with E-state index in [1.54, 1.807) is 11.3 Å². The van der Waals surface area contributed by atoms with Gasteiger partial charge in [-0.15, -0.1) is 11.3 Å². The Labute approximate surface area is 117 Å². The van der Waals surface area contributed by atoms with Crippen LogP contribution in [0.4, 0.5) is 0 Å². The summed E-state index contributed by atoms with van der Waals surface area (Å²) in [7, 11) is 0. The molecule has 0 spiro atoms. The molecule has 1 aromatic carbocycles. The molecular formula is C15H19NO2S. The van der Waals surface area contributed by atoms with Crippen LogP contribution < -0.4 is 4.74 Å². The van der Waals surface area contributed by atoms with Gasteiger partial charge in [0.25, 0.3) is 0 Å². The molecule has 0 amide bonds. The fourth-order valence-corrected chi connectivity index (χ4v) is 2.62. The monoisotopic (exact) mass is 277 g/mol. The third-order valence-corrected chi connectivity index (χ3v) is 3.56. The number of hydrogen-bond acceptors (Lipinski definition) is 4. The highest BCUT2D eigenvalue weighted by Gasteiger charge is 2.05. The van der Waals surface area contributed by atoms with Gasteiger partial charge in [-0.25, -0.2) is 4.98 Å². The minimum absolute atomic E-state index is 0.191. The van der Waals surface area contributed by atoms with E-state index in [-0.39, 0.29) is 12.7 Å². The lowest BCUT2D eigenvalue weighted by Crippen LogP contribution is -2.05. The van der Waals surface area contributed by atoms with E-state index in [0.717, 1.165) is 34.9 Å². The van der Waals surface area contributed by atoms with Crippen LogP contribution in [0.2, 0.25) is 0 Å². The molecule has 0 radical (unpaired) electrons. The molecule has 1 aromatic heterocycles. The third kappa shape index (κ3) is 4.04. The molecule has 1 heterocycles. The van der Waals surface area contributed by atoms with Crippen molar-refractivity contribution in [3.63, 3.8) is 0 Å². The summed E-state index contributed by atoms with van der Waals surface area (Å²) in [5, 5.41) is 11.9. The lowest BCUT2D eigenvalue weighted by atomic mass is 10.2. The van der Waals surface area contributed by atoms with Crippen LogP contribution in [0, 0.1) is 0 Å². The van der Waals surface area contributed by atoms with Crippen molar-refractivity contribution in [3.05, 3.63) is 35.3 Å². The Morgan fingerprint density at radius 2 is 2.00 bits per heavy atom. The Balaban J connectivity index is 2.07. The van der Waals surface area contributed by atoms with Crippen LogP contribution in [-0.2, 0) is 6.42 Å². The minimum atomic E-state index is 0.191. The highest BCUT2D eigenvalue weighted by Crippen LogP contribution is 2.26. The van der Waals surface area contributed by atoms with Gasteiger partial charge in [-0.1, -0.05) is 0 Å². The van der Waals surface area contributed by atoms with Gasteiger partial charge < -0.3 is 9.84 Å². The van der Waals surface area contributed by atoms with Gasteiger partial charge in [0, 0.05) is 17.6 Å². The molecule has 19 heavy (non-hydrogen) atoms. The zero-order valence-corrected chi connectivity index (χ0v) is 12.1. The molecule has 3 nitrogen and oxygen atoms in total. The van der Waals surface area contributed by atoms with Crippen LogP contribution in [0.15, 0.2) is 29.6 Å². The highest BCUT2D eigenvalue weighted by atomic mass is 32.1. The first-order valence-corrected chi connectivity index (χ1v) is 7.39. The van der Waals surface area contributed by atoms with E-state index in [2.05, 4.69) is 10.4 Å². The molecule has 102 valence electrons. The summed E-state index contributed by atoms with van der Waals surface area (Å²) in [5.74, 6) is 0.885. The van der Waals surface area contributed by atoms with Gasteiger partial charge in [0.05, 0.1) is 11.8 Å². The van der Waals surface area contributed by atoms with Crippen LogP contribution in [-0.4, -0.2) is 22.8 Å². The molecule has 0 bridgehead atoms. The largest absolute Gasteiger partial charge is 0.491 e. The van der Waals surface area contributed by atoms with E-state index in [4.69, 9.17) is 9.84 Å². The predicted octanol–water partition coefficient (Wildman–Crippen LogP) is 3.52. The second-order valence-corrected chi connectivity index (χ2v) is 5.52. The normalized spacial score (nSPS) is 10.9. The van der Waals surface area contributed by atoms with Crippen LogP contribution in [0.1, 0.15) is 26.0 Å². The average Bonchev–Trinajstić information content (AvgIpc) is 2.85. The summed E-state index contributed by atoms with van der Waals surface area (Å²) in [6, 6.07) is 8.02. The maximum Gasteiger partial charge on any atom is 0.123 e. The molecule has 1 N–H and O–H groups in total. The topological polar surface area (TPSA) is 42.4 Å². The van der Waals surface area contributed by atoms with E-state index in [1.807, 2.05) is 38.1 Å². The van der Waals surface area contributed by atoms with Crippen molar-refractivity contribution in [2.24, 2.45) is 0 Å². The Hall–Kier alpha value is -1.39. The number of rotatable bonds is 6. The first kappa shape index (κ1) is 14.0. The summed E-state index contributed by atoms with van der Waals surface area (Å²) in [5.41, 5.74) is 2.16. The summed E-state index contributed by atoms with van der Waals surface area (Å²) >= 11 is 1.64. The third-order valence-electron chi connectivity index (χ3n) is 2.62. The molecule has 0 unspecified atom stereocenters. The molecular weight excluding hydrogens is 258 g/mol. The second kappa shape index (κ2) is 6.68. The maximum atomic E-state index is 8.82. The van der Waals surface area contributed by atoms with Gasteiger partial charge >= 0.3 is 0 Å². The molecule has 0 saturated carbocycles. The first-order valence-electron chi connectivity index (χ1n) is 6.51. The van der Waals surface area contributed by atoms with E-state index in [0.29, 0.717) is 0 Å². The molecule has 0 saturated heterocycles. The van der Waals surface area contributed by atoms with E-state index in [9.17, 15) is 0 Å². The zero-order valence-electron chi connectivity index (χ0n) is 11.3. The Kier molecular flexibility index (Phi) is 4.93. The number of thiazole rings is 1. The second-order valence-electron chi connectivity index (χ2n) is 4.66. The SMILES string of the molecule is CC(C)Oc1ccc(-c2nc(CCCO)cs2)cc1. The molecule has 2 aromatic rings. The van der Waals surface area contributed by atoms with Crippen molar-refractivity contribution in [2.75, 3.05) is 6.61 Å². The highest BCUT2D eigenvalue weighted by molar-refractivity contribution is 7.13. The Bertz CT molecular complexity index is 505. The summed E-state index contributed by atoms with van der Waals surface area (Å²) in [4.78, 5) is 4.58. The molecule has 2 rings (SSSR count). The van der Waals surface area contributed by atoms with E-state index < -0.39 is 0 Å². The van der Waals surface area contributed by atoms with Gasteiger partial charge in [0.1, 0.15) is 10.8 Å². The molecule has 0 atom stereocenters. The predicted molar refractivity (Wildman–Crippen MR) is 78.7 cm³/mol. The summed E-state index contributed by atoms with van der Waals surface area (Å²) < 4.78 is 5.62. The van der Waals surface area contributed by atoms with Crippen molar-refractivity contribution in [2.45, 2.75) is 32.8 Å². The lowest BCUT2D eigenvalue weighted by Gasteiger charge is -2.09. The standard InChI is InChI=1S/C15H19NO2S/c1-11(2)18-14-7-5-12(6-8-14)15-16-13(10-19-15)4-3-9-17/h5-8,10-11,17H,3-4,9H2,1-2H3. The van der Waals surface area contributed by atoms with Gasteiger partial charge in [-0.05, 0) is 51.0 Å². The van der Waals surface area contributed by atoms with E-state index >= 15 is 0 Å². The fraction of sp³-hybridized carbons (Fsp3) is 0.400. The van der Waals surface area contributed by atoms with Crippen molar-refractivity contribution >= 4 is 11.3 Å². The van der Waals surface area contributed by atoms with Gasteiger partial charge in [-0.3, -0.25) is 0 Å². The van der Waals surface area contributed by atoms with Crippen LogP contribution in [0.5, 0.6) is 5.75 Å². The van der Waals surface area contributed by atoms with Crippen molar-refractivity contribution in [3.8, 4) is 16.3 Å². The Morgan fingerprint density at radius 1 is 1.26 bits per heavy atom. The summed E-state index contributed by atoms with van der Waals surface area (Å²) in [6.45, 7) is 4.25. The van der Waals surface area contributed by atoms with Gasteiger partial charge in [0.2, 0.25) is 0 Å². The number of aryl methyl sites for hydroxylation is 1. The van der Waals surface area contributed by atoms with Gasteiger partial charge in [-0.2, -0.15) is 0 Å². The molecule has 0 aliphatic carbocycles. The number of aliphatic hydroxyl groups excluding tert-OH is 1. The van der Waals surface area contributed by atoms with Crippen LogP contribution in [0.25, 0.3) is 10.6 Å². The van der Waals surface area contributed by atoms with E-state index in [1.165, 1.54) is 0 Å². The summed E-state index contributed by atoms with van der Waals surface area (Å²) in [6.07, 6.45) is 1.79. The van der Waals surface area contributed by atoms with Gasteiger partial charge in [0.15, 0.2) is 0 Å². The van der Waals surface area contributed by atoms with Crippen LogP contribution in [0.3, 0.4) is 0 Å². The molecule has 0 fully saturated rings. The number of nitrogens with zero attached hydrogens (tertiary/aromatic N) is 1. The molecule has 0 aliphatic heterocycles. The lowest BCUT2D eigenvalue weighted by molar-refractivity contribution is 0.242. The fourth-order valence-electron chi connectivity index (χ4n) is 1.76. The smallest absolute Gasteiger partial charge is 0.123 e. The first-order chi connectivity index (χ1) is 9.19. The van der Waals surface area contributed by atoms with Crippen molar-refractivity contribution < 1.29 is 9.84 Å².